The van der Waals surface area contributed by atoms with Gasteiger partial charge in [0.1, 0.15) is 18.0 Å². The summed E-state index contributed by atoms with van der Waals surface area (Å²) >= 11 is 0. The normalized spacial score (nSPS) is 25.6. The topological polar surface area (TPSA) is 77.8 Å². The lowest BCUT2D eigenvalue weighted by Crippen LogP contribution is -2.49. The first-order valence-electron chi connectivity index (χ1n) is 8.00. The lowest BCUT2D eigenvalue weighted by atomic mass is 10.1. The van der Waals surface area contributed by atoms with Gasteiger partial charge in [-0.05, 0) is 12.1 Å². The van der Waals surface area contributed by atoms with Gasteiger partial charge in [-0.15, -0.1) is 10.2 Å². The molecule has 0 radical (unpaired) electrons. The van der Waals surface area contributed by atoms with Crippen molar-refractivity contribution in [1.82, 2.24) is 19.9 Å². The number of pyridine rings is 1. The number of fused-ring (bicyclic) bond motifs is 2. The monoisotopic (exact) mass is 326 g/mol. The summed E-state index contributed by atoms with van der Waals surface area (Å²) in [4.78, 5) is 12.3. The number of aromatic nitrogens is 3. The summed E-state index contributed by atoms with van der Waals surface area (Å²) in [5, 5.41) is 11.1. The number of ether oxygens (including phenoxy) is 2. The molecule has 0 bridgehead atoms. The van der Waals surface area contributed by atoms with Crippen LogP contribution in [-0.4, -0.2) is 52.0 Å². The van der Waals surface area contributed by atoms with Crippen molar-refractivity contribution < 1.29 is 14.3 Å². The highest BCUT2D eigenvalue weighted by Gasteiger charge is 2.33. The molecule has 1 aliphatic carbocycles. The van der Waals surface area contributed by atoms with E-state index in [0.717, 1.165) is 11.5 Å². The molecular weight excluding hydrogens is 308 g/mol. The van der Waals surface area contributed by atoms with E-state index in [1.165, 1.54) is 0 Å². The molecule has 0 saturated carbocycles. The average molecular weight is 326 g/mol. The molecule has 0 spiro atoms. The first kappa shape index (κ1) is 15.0. The molecule has 1 amide bonds. The maximum Gasteiger partial charge on any atom is 0.251 e. The van der Waals surface area contributed by atoms with Crippen LogP contribution in [0.2, 0.25) is 0 Å². The molecule has 3 atom stereocenters. The fraction of sp³-hybridized carbons (Fsp3) is 0.353. The van der Waals surface area contributed by atoms with E-state index >= 15 is 0 Å². The summed E-state index contributed by atoms with van der Waals surface area (Å²) in [5.41, 5.74) is 0.797. The summed E-state index contributed by atoms with van der Waals surface area (Å²) in [6, 6.07) is 5.73. The van der Waals surface area contributed by atoms with Crippen molar-refractivity contribution in [2.24, 2.45) is 0 Å². The molecule has 24 heavy (non-hydrogen) atoms. The Bertz CT molecular complexity index is 798. The van der Waals surface area contributed by atoms with E-state index < -0.39 is 6.10 Å². The van der Waals surface area contributed by atoms with Crippen molar-refractivity contribution in [2.45, 2.75) is 24.7 Å². The van der Waals surface area contributed by atoms with Crippen LogP contribution in [0.1, 0.15) is 5.82 Å². The zero-order chi connectivity index (χ0) is 16.4. The Balaban J connectivity index is 1.31. The molecule has 0 aromatic carbocycles. The quantitative estimate of drug-likeness (QED) is 0.893. The van der Waals surface area contributed by atoms with E-state index in [1.54, 1.807) is 0 Å². The number of hydrogen-bond donors (Lipinski definition) is 1. The molecule has 4 rings (SSSR count). The third-order valence-corrected chi connectivity index (χ3v) is 4.12. The van der Waals surface area contributed by atoms with E-state index in [0.29, 0.717) is 13.0 Å². The van der Waals surface area contributed by atoms with Gasteiger partial charge in [0.2, 0.25) is 0 Å². The van der Waals surface area contributed by atoms with Crippen molar-refractivity contribution in [3.8, 4) is 0 Å². The minimum absolute atomic E-state index is 0.0959. The van der Waals surface area contributed by atoms with Gasteiger partial charge in [-0.2, -0.15) is 0 Å². The van der Waals surface area contributed by atoms with Crippen LogP contribution < -0.4 is 5.32 Å². The van der Waals surface area contributed by atoms with Crippen LogP contribution in [0.4, 0.5) is 0 Å². The Labute approximate surface area is 139 Å². The number of nitrogens with one attached hydrogen (secondary N) is 1. The fourth-order valence-corrected chi connectivity index (χ4v) is 2.88. The van der Waals surface area contributed by atoms with Crippen molar-refractivity contribution in [3.05, 3.63) is 54.5 Å². The highest BCUT2D eigenvalue weighted by molar-refractivity contribution is 5.81. The van der Waals surface area contributed by atoms with Gasteiger partial charge in [0.15, 0.2) is 11.8 Å². The van der Waals surface area contributed by atoms with Gasteiger partial charge in [-0.25, -0.2) is 0 Å². The van der Waals surface area contributed by atoms with Crippen LogP contribution in [0.15, 0.2) is 48.7 Å². The third-order valence-electron chi connectivity index (χ3n) is 4.12. The Morgan fingerprint density at radius 3 is 3.04 bits per heavy atom. The number of nitrogens with zero attached hydrogens (tertiary/aromatic N) is 3. The zero-order valence-corrected chi connectivity index (χ0v) is 13.0. The summed E-state index contributed by atoms with van der Waals surface area (Å²) in [6.07, 6.45) is 9.31. The molecule has 124 valence electrons. The SMILES string of the molecule is O=C(NCCc1nnc2ccccn12)C1COC2C=CC=CC2O1. The Kier molecular flexibility index (Phi) is 4.10. The van der Waals surface area contributed by atoms with Gasteiger partial charge in [0.05, 0.1) is 6.61 Å². The van der Waals surface area contributed by atoms with Crippen molar-refractivity contribution >= 4 is 11.6 Å². The predicted molar refractivity (Wildman–Crippen MR) is 86.4 cm³/mol. The number of carbonyl (C=O) groups excluding carboxylic acids is 1. The maximum absolute atomic E-state index is 12.3. The molecule has 2 aliphatic rings. The van der Waals surface area contributed by atoms with E-state index in [4.69, 9.17) is 9.47 Å². The first-order valence-corrected chi connectivity index (χ1v) is 8.00. The average Bonchev–Trinajstić information content (AvgIpc) is 3.04. The Morgan fingerprint density at radius 1 is 1.25 bits per heavy atom. The number of allylic oxidation sites excluding steroid dienone is 2. The van der Waals surface area contributed by atoms with E-state index in [-0.39, 0.29) is 24.7 Å². The summed E-state index contributed by atoms with van der Waals surface area (Å²) < 4.78 is 13.4. The zero-order valence-electron chi connectivity index (χ0n) is 13.0. The minimum atomic E-state index is -0.586. The molecule has 7 heteroatoms. The van der Waals surface area contributed by atoms with E-state index in [2.05, 4.69) is 15.5 Å². The van der Waals surface area contributed by atoms with Crippen LogP contribution in [0.5, 0.6) is 0 Å². The van der Waals surface area contributed by atoms with Crippen LogP contribution in [-0.2, 0) is 20.7 Å². The molecule has 3 unspecified atom stereocenters. The minimum Gasteiger partial charge on any atom is -0.368 e. The first-order chi connectivity index (χ1) is 11.8. The van der Waals surface area contributed by atoms with Crippen LogP contribution >= 0.6 is 0 Å². The highest BCUT2D eigenvalue weighted by Crippen LogP contribution is 2.20. The van der Waals surface area contributed by atoms with Crippen LogP contribution in [0.25, 0.3) is 5.65 Å². The third kappa shape index (κ3) is 2.95. The van der Waals surface area contributed by atoms with Gasteiger partial charge in [0, 0.05) is 19.2 Å². The summed E-state index contributed by atoms with van der Waals surface area (Å²) in [6.45, 7) is 0.733. The summed E-state index contributed by atoms with van der Waals surface area (Å²) in [7, 11) is 0. The Hall–Kier alpha value is -2.51. The number of rotatable bonds is 4. The maximum atomic E-state index is 12.3. The molecule has 1 N–H and O–H groups in total. The molecule has 1 saturated heterocycles. The number of carbonyl (C=O) groups is 1. The Morgan fingerprint density at radius 2 is 2.12 bits per heavy atom. The van der Waals surface area contributed by atoms with Gasteiger partial charge < -0.3 is 14.8 Å². The second-order valence-corrected chi connectivity index (χ2v) is 5.74. The van der Waals surface area contributed by atoms with Crippen LogP contribution in [0, 0.1) is 0 Å². The van der Waals surface area contributed by atoms with E-state index in [1.807, 2.05) is 53.1 Å². The van der Waals surface area contributed by atoms with Crippen molar-refractivity contribution in [2.75, 3.05) is 13.2 Å². The lowest BCUT2D eigenvalue weighted by Gasteiger charge is -2.34. The second-order valence-electron chi connectivity index (χ2n) is 5.74. The predicted octanol–water partition coefficient (Wildman–Crippen LogP) is 0.667. The number of hydrogen-bond acceptors (Lipinski definition) is 5. The highest BCUT2D eigenvalue weighted by atomic mass is 16.6. The van der Waals surface area contributed by atoms with Gasteiger partial charge in [0.25, 0.3) is 5.91 Å². The molecule has 1 aliphatic heterocycles. The number of amides is 1. The standard InChI is InChI=1S/C17H18N4O3/c22-17(14-11-23-12-5-1-2-6-13(12)24-14)18-9-8-16-20-19-15-7-3-4-10-21(15)16/h1-7,10,12-14H,8-9,11H2,(H,18,22). The summed E-state index contributed by atoms with van der Waals surface area (Å²) in [5.74, 6) is 0.650. The van der Waals surface area contributed by atoms with Crippen LogP contribution in [0.3, 0.4) is 0 Å². The van der Waals surface area contributed by atoms with Crippen molar-refractivity contribution in [1.29, 1.82) is 0 Å². The molecule has 2 aromatic rings. The van der Waals surface area contributed by atoms with Crippen molar-refractivity contribution in [3.63, 3.8) is 0 Å². The largest absolute Gasteiger partial charge is 0.368 e. The van der Waals surface area contributed by atoms with Gasteiger partial charge >= 0.3 is 0 Å². The molecule has 1 fully saturated rings. The lowest BCUT2D eigenvalue weighted by molar-refractivity contribution is -0.168. The molecule has 2 aromatic heterocycles. The second kappa shape index (κ2) is 6.54. The smallest absolute Gasteiger partial charge is 0.251 e. The molecular formula is C17H18N4O3. The van der Waals surface area contributed by atoms with Gasteiger partial charge in [-0.3, -0.25) is 9.20 Å². The molecule has 3 heterocycles. The fourth-order valence-electron chi connectivity index (χ4n) is 2.88. The van der Waals surface area contributed by atoms with Gasteiger partial charge in [-0.1, -0.05) is 30.4 Å². The van der Waals surface area contributed by atoms with E-state index in [9.17, 15) is 4.79 Å². The molecule has 7 nitrogen and oxygen atoms in total.